The maximum atomic E-state index is 6.82. The highest BCUT2D eigenvalue weighted by Gasteiger charge is 2.18. The van der Waals surface area contributed by atoms with Gasteiger partial charge >= 0.3 is 0 Å². The van der Waals surface area contributed by atoms with E-state index >= 15 is 0 Å². The van der Waals surface area contributed by atoms with Crippen molar-refractivity contribution < 1.29 is 4.74 Å². The van der Waals surface area contributed by atoms with Crippen LogP contribution in [0.25, 0.3) is 17.2 Å². The zero-order chi connectivity index (χ0) is 20.8. The third-order valence-electron chi connectivity index (χ3n) is 4.65. The highest BCUT2D eigenvalue weighted by molar-refractivity contribution is 5.76. The molecule has 4 aromatic rings. The largest absolute Gasteiger partial charge is 0.383 e. The Balaban J connectivity index is 0.000000230. The SMILES string of the molecule is N=Cc1ccccc1.Nc1cc(N2CCOCC2)n2nc(-c3ccccc3)nc2n1. The number of nitrogens with one attached hydrogen (secondary N) is 1. The second kappa shape index (κ2) is 9.15. The van der Waals surface area contributed by atoms with E-state index in [9.17, 15) is 0 Å². The van der Waals surface area contributed by atoms with Gasteiger partial charge in [-0.05, 0) is 5.56 Å². The molecule has 5 rings (SSSR count). The molecule has 1 aliphatic rings. The number of nitrogens with two attached hydrogens (primary N) is 1. The molecule has 0 spiro atoms. The molecule has 0 amide bonds. The lowest BCUT2D eigenvalue weighted by atomic mass is 10.2. The molecule has 1 fully saturated rings. The summed E-state index contributed by atoms with van der Waals surface area (Å²) < 4.78 is 7.16. The Morgan fingerprint density at radius 3 is 2.23 bits per heavy atom. The predicted octanol–water partition coefficient (Wildman–Crippen LogP) is 2.89. The van der Waals surface area contributed by atoms with Crippen LogP contribution in [0.15, 0.2) is 66.7 Å². The molecule has 1 saturated heterocycles. The van der Waals surface area contributed by atoms with Gasteiger partial charge in [0.1, 0.15) is 11.6 Å². The van der Waals surface area contributed by atoms with Crippen LogP contribution in [0.5, 0.6) is 0 Å². The van der Waals surface area contributed by atoms with Crippen molar-refractivity contribution in [3.63, 3.8) is 0 Å². The van der Waals surface area contributed by atoms with Crippen LogP contribution in [0.2, 0.25) is 0 Å². The summed E-state index contributed by atoms with van der Waals surface area (Å²) in [6, 6.07) is 21.3. The van der Waals surface area contributed by atoms with E-state index in [2.05, 4.69) is 20.0 Å². The second-order valence-corrected chi connectivity index (χ2v) is 6.71. The first kappa shape index (κ1) is 19.5. The lowest BCUT2D eigenvalue weighted by molar-refractivity contribution is 0.122. The number of aromatic nitrogens is 4. The van der Waals surface area contributed by atoms with Crippen molar-refractivity contribution in [3.05, 3.63) is 72.3 Å². The van der Waals surface area contributed by atoms with Gasteiger partial charge in [-0.25, -0.2) is 0 Å². The van der Waals surface area contributed by atoms with Crippen LogP contribution < -0.4 is 10.6 Å². The van der Waals surface area contributed by atoms with E-state index in [4.69, 9.17) is 15.9 Å². The van der Waals surface area contributed by atoms with Crippen LogP contribution in [0, 0.1) is 5.41 Å². The van der Waals surface area contributed by atoms with Crippen molar-refractivity contribution in [2.45, 2.75) is 0 Å². The number of anilines is 2. The Hall–Kier alpha value is -3.78. The molecule has 0 saturated carbocycles. The van der Waals surface area contributed by atoms with Crippen molar-refractivity contribution in [1.82, 2.24) is 19.6 Å². The van der Waals surface area contributed by atoms with Crippen molar-refractivity contribution in [1.29, 1.82) is 5.41 Å². The topological polar surface area (TPSA) is 105 Å². The lowest BCUT2D eigenvalue weighted by Crippen LogP contribution is -2.37. The molecule has 152 valence electrons. The Morgan fingerprint density at radius 1 is 0.933 bits per heavy atom. The van der Waals surface area contributed by atoms with Crippen LogP contribution in [-0.4, -0.2) is 52.1 Å². The third-order valence-corrected chi connectivity index (χ3v) is 4.65. The Labute approximate surface area is 174 Å². The number of rotatable bonds is 3. The highest BCUT2D eigenvalue weighted by Crippen LogP contribution is 2.22. The zero-order valence-corrected chi connectivity index (χ0v) is 16.5. The molecule has 30 heavy (non-hydrogen) atoms. The minimum Gasteiger partial charge on any atom is -0.383 e. The summed E-state index contributed by atoms with van der Waals surface area (Å²) in [5, 5.41) is 11.4. The van der Waals surface area contributed by atoms with Gasteiger partial charge in [0.25, 0.3) is 5.78 Å². The molecule has 8 heteroatoms. The van der Waals surface area contributed by atoms with Crippen LogP contribution in [-0.2, 0) is 4.74 Å². The Kier molecular flexibility index (Phi) is 5.95. The Morgan fingerprint density at radius 2 is 1.60 bits per heavy atom. The van der Waals surface area contributed by atoms with Gasteiger partial charge in [-0.1, -0.05) is 60.7 Å². The number of hydrogen-bond acceptors (Lipinski definition) is 7. The first-order valence-electron chi connectivity index (χ1n) is 9.71. The first-order valence-corrected chi connectivity index (χ1v) is 9.71. The normalized spacial score (nSPS) is 13.5. The summed E-state index contributed by atoms with van der Waals surface area (Å²) in [5.74, 6) is 2.51. The fraction of sp³-hybridized carbons (Fsp3) is 0.182. The summed E-state index contributed by atoms with van der Waals surface area (Å²) >= 11 is 0. The van der Waals surface area contributed by atoms with E-state index in [-0.39, 0.29) is 0 Å². The van der Waals surface area contributed by atoms with Gasteiger partial charge in [0.15, 0.2) is 5.82 Å². The van der Waals surface area contributed by atoms with E-state index in [1.807, 2.05) is 66.7 Å². The Bertz CT molecular complexity index is 1110. The number of fused-ring (bicyclic) bond motifs is 1. The molecule has 1 aliphatic heterocycles. The number of morpholine rings is 1. The van der Waals surface area contributed by atoms with Crippen LogP contribution in [0.3, 0.4) is 0 Å². The molecule has 2 aromatic carbocycles. The van der Waals surface area contributed by atoms with Crippen LogP contribution >= 0.6 is 0 Å². The second-order valence-electron chi connectivity index (χ2n) is 6.71. The predicted molar refractivity (Wildman–Crippen MR) is 118 cm³/mol. The van der Waals surface area contributed by atoms with Gasteiger partial charge in [0, 0.05) is 30.9 Å². The monoisotopic (exact) mass is 401 g/mol. The minimum atomic E-state index is 0.445. The summed E-state index contributed by atoms with van der Waals surface area (Å²) in [6.07, 6.45) is 1.33. The average molecular weight is 401 g/mol. The molecular formula is C22H23N7O. The maximum Gasteiger partial charge on any atom is 0.256 e. The smallest absolute Gasteiger partial charge is 0.256 e. The van der Waals surface area contributed by atoms with Crippen molar-refractivity contribution in [2.75, 3.05) is 36.9 Å². The number of nitrogen functional groups attached to an aromatic ring is 1. The molecule has 0 radical (unpaired) electrons. The van der Waals surface area contributed by atoms with Crippen LogP contribution in [0.1, 0.15) is 5.56 Å². The molecule has 0 aliphatic carbocycles. The van der Waals surface area contributed by atoms with Crippen molar-refractivity contribution in [2.24, 2.45) is 0 Å². The fourth-order valence-corrected chi connectivity index (χ4v) is 3.15. The number of benzene rings is 2. The van der Waals surface area contributed by atoms with Gasteiger partial charge in [-0.3, -0.25) is 0 Å². The molecule has 0 unspecified atom stereocenters. The lowest BCUT2D eigenvalue weighted by Gasteiger charge is -2.28. The third kappa shape index (κ3) is 4.44. The summed E-state index contributed by atoms with van der Waals surface area (Å²) in [5.41, 5.74) is 7.84. The zero-order valence-electron chi connectivity index (χ0n) is 16.5. The quantitative estimate of drug-likeness (QED) is 0.512. The summed E-state index contributed by atoms with van der Waals surface area (Å²) in [7, 11) is 0. The molecular weight excluding hydrogens is 378 g/mol. The van der Waals surface area contributed by atoms with E-state index in [1.165, 1.54) is 6.21 Å². The average Bonchev–Trinajstić information content (AvgIpc) is 3.24. The van der Waals surface area contributed by atoms with Crippen molar-refractivity contribution in [3.8, 4) is 11.4 Å². The summed E-state index contributed by atoms with van der Waals surface area (Å²) in [6.45, 7) is 3.01. The molecule has 2 aromatic heterocycles. The van der Waals surface area contributed by atoms with E-state index in [0.717, 1.165) is 30.0 Å². The molecule has 0 atom stereocenters. The van der Waals surface area contributed by atoms with Crippen molar-refractivity contribution >= 4 is 23.6 Å². The highest BCUT2D eigenvalue weighted by atomic mass is 16.5. The molecule has 0 bridgehead atoms. The van der Waals surface area contributed by atoms with E-state index in [0.29, 0.717) is 30.6 Å². The fourth-order valence-electron chi connectivity index (χ4n) is 3.15. The molecule has 8 nitrogen and oxygen atoms in total. The van der Waals surface area contributed by atoms with Gasteiger partial charge in [0.05, 0.1) is 13.2 Å². The van der Waals surface area contributed by atoms with Crippen LogP contribution in [0.4, 0.5) is 11.6 Å². The van der Waals surface area contributed by atoms with Gasteiger partial charge < -0.3 is 20.8 Å². The van der Waals surface area contributed by atoms with E-state index < -0.39 is 0 Å². The standard InChI is InChI=1S/C15H16N6O.C7H7N/c16-12-10-13(20-6-8-22-9-7-20)21-15(17-12)18-14(19-21)11-4-2-1-3-5-11;8-6-7-4-2-1-3-5-7/h1-5,10H,6-9H2,(H2,16,17,18,19);1-6,8H. The summed E-state index contributed by atoms with van der Waals surface area (Å²) in [4.78, 5) is 11.0. The number of ether oxygens (including phenoxy) is 1. The van der Waals surface area contributed by atoms with Gasteiger partial charge in [0.2, 0.25) is 0 Å². The maximum absolute atomic E-state index is 6.82. The number of hydrogen-bond donors (Lipinski definition) is 2. The number of nitrogens with zero attached hydrogens (tertiary/aromatic N) is 5. The van der Waals surface area contributed by atoms with Gasteiger partial charge in [-0.2, -0.15) is 14.5 Å². The molecule has 3 N–H and O–H groups in total. The van der Waals surface area contributed by atoms with E-state index in [1.54, 1.807) is 4.52 Å². The first-order chi connectivity index (χ1) is 14.7. The van der Waals surface area contributed by atoms with Gasteiger partial charge in [-0.15, -0.1) is 5.10 Å². The molecule has 3 heterocycles. The minimum absolute atomic E-state index is 0.445.